The van der Waals surface area contributed by atoms with Gasteiger partial charge in [0.05, 0.1) is 18.1 Å². The van der Waals surface area contributed by atoms with Gasteiger partial charge in [-0.05, 0) is 11.5 Å². The van der Waals surface area contributed by atoms with E-state index in [-0.39, 0.29) is 6.10 Å². The summed E-state index contributed by atoms with van der Waals surface area (Å²) in [4.78, 5) is 11.3. The van der Waals surface area contributed by atoms with Gasteiger partial charge < -0.3 is 10.5 Å². The predicted molar refractivity (Wildman–Crippen MR) is 89.9 cm³/mol. The van der Waals surface area contributed by atoms with Crippen LogP contribution in [0, 0.1) is 5.92 Å². The average Bonchev–Trinajstić information content (AvgIpc) is 2.82. The van der Waals surface area contributed by atoms with Crippen molar-refractivity contribution in [2.24, 2.45) is 5.92 Å². The van der Waals surface area contributed by atoms with E-state index in [0.717, 1.165) is 27.5 Å². The second kappa shape index (κ2) is 5.94. The highest BCUT2D eigenvalue weighted by molar-refractivity contribution is 7.99. The quantitative estimate of drug-likeness (QED) is 0.529. The summed E-state index contributed by atoms with van der Waals surface area (Å²) in [7, 11) is 0. The van der Waals surface area contributed by atoms with Crippen LogP contribution in [0.15, 0.2) is 17.8 Å². The molecule has 0 aliphatic carbocycles. The topological polar surface area (TPSA) is 61.0 Å². The highest BCUT2D eigenvalue weighted by atomic mass is 32.2. The van der Waals surface area contributed by atoms with Crippen LogP contribution in [0.4, 0.5) is 5.82 Å². The molecule has 1 aliphatic heterocycles. The maximum atomic E-state index is 6.19. The lowest BCUT2D eigenvalue weighted by molar-refractivity contribution is 0.00203. The molecule has 0 amide bonds. The number of aromatic nitrogens is 2. The molecule has 1 aliphatic rings. The molecular weight excluding hydrogens is 302 g/mol. The zero-order chi connectivity index (χ0) is 15.0. The van der Waals surface area contributed by atoms with Gasteiger partial charge in [0.25, 0.3) is 0 Å². The Hall–Kier alpha value is -1.11. The third-order valence-electron chi connectivity index (χ3n) is 3.65. The van der Waals surface area contributed by atoms with Crippen molar-refractivity contribution < 1.29 is 4.74 Å². The van der Waals surface area contributed by atoms with Crippen LogP contribution in [0.2, 0.25) is 0 Å². The van der Waals surface area contributed by atoms with Crippen molar-refractivity contribution in [3.63, 3.8) is 0 Å². The van der Waals surface area contributed by atoms with Gasteiger partial charge in [-0.2, -0.15) is 0 Å². The van der Waals surface area contributed by atoms with Crippen LogP contribution in [-0.4, -0.2) is 21.8 Å². The lowest BCUT2D eigenvalue weighted by Gasteiger charge is -2.26. The molecule has 1 atom stereocenters. The number of nitrogen functional groups attached to an aromatic ring is 1. The molecular formula is C15H19N3OS2. The van der Waals surface area contributed by atoms with Gasteiger partial charge in [-0.25, -0.2) is 9.97 Å². The molecule has 0 fully saturated rings. The van der Waals surface area contributed by atoms with Gasteiger partial charge >= 0.3 is 0 Å². The molecule has 3 heterocycles. The number of anilines is 1. The number of fused-ring (bicyclic) bond motifs is 3. The Morgan fingerprint density at radius 3 is 3.05 bits per heavy atom. The Bertz CT molecular complexity index is 681. The van der Waals surface area contributed by atoms with Gasteiger partial charge in [0.15, 0.2) is 5.16 Å². The predicted octanol–water partition coefficient (Wildman–Crippen LogP) is 3.65. The zero-order valence-electron chi connectivity index (χ0n) is 12.3. The Kier molecular flexibility index (Phi) is 4.19. The molecule has 4 nitrogen and oxygen atoms in total. The molecule has 6 heteroatoms. The van der Waals surface area contributed by atoms with Gasteiger partial charge in [0.1, 0.15) is 10.6 Å². The first-order chi connectivity index (χ1) is 10.1. The monoisotopic (exact) mass is 321 g/mol. The van der Waals surface area contributed by atoms with Crippen molar-refractivity contribution in [3.05, 3.63) is 23.1 Å². The Morgan fingerprint density at radius 1 is 1.52 bits per heavy atom. The zero-order valence-corrected chi connectivity index (χ0v) is 13.9. The number of nitrogens with two attached hydrogens (primary N) is 1. The Morgan fingerprint density at radius 2 is 2.33 bits per heavy atom. The van der Waals surface area contributed by atoms with Crippen LogP contribution in [0.5, 0.6) is 0 Å². The van der Waals surface area contributed by atoms with Crippen LogP contribution in [0.25, 0.3) is 10.2 Å². The molecule has 21 heavy (non-hydrogen) atoms. The summed E-state index contributed by atoms with van der Waals surface area (Å²) in [5.41, 5.74) is 7.48. The number of thiophene rings is 1. The van der Waals surface area contributed by atoms with Crippen molar-refractivity contribution in [2.75, 3.05) is 11.5 Å². The minimum Gasteiger partial charge on any atom is -0.383 e. The number of hydrogen-bond acceptors (Lipinski definition) is 6. The number of rotatable bonds is 4. The van der Waals surface area contributed by atoms with E-state index < -0.39 is 0 Å². The first kappa shape index (κ1) is 14.8. The van der Waals surface area contributed by atoms with Gasteiger partial charge in [-0.3, -0.25) is 0 Å². The van der Waals surface area contributed by atoms with E-state index in [0.29, 0.717) is 18.3 Å². The molecule has 0 spiro atoms. The van der Waals surface area contributed by atoms with Crippen LogP contribution in [0.3, 0.4) is 0 Å². The molecule has 0 saturated carbocycles. The molecule has 0 radical (unpaired) electrons. The maximum Gasteiger partial charge on any atom is 0.191 e. The largest absolute Gasteiger partial charge is 0.383 e. The molecule has 0 aromatic carbocycles. The first-order valence-corrected chi connectivity index (χ1v) is 8.83. The molecule has 2 aromatic heterocycles. The van der Waals surface area contributed by atoms with Gasteiger partial charge in [-0.1, -0.05) is 31.7 Å². The normalized spacial score (nSPS) is 18.1. The third-order valence-corrected chi connectivity index (χ3v) is 5.59. The first-order valence-electron chi connectivity index (χ1n) is 7.03. The summed E-state index contributed by atoms with van der Waals surface area (Å²) >= 11 is 3.24. The fraction of sp³-hybridized carbons (Fsp3) is 0.467. The average molecular weight is 321 g/mol. The summed E-state index contributed by atoms with van der Waals surface area (Å²) < 4.78 is 5.93. The Balaban J connectivity index is 2.03. The molecule has 2 N–H and O–H groups in total. The number of thioether (sulfide) groups is 1. The second-order valence-corrected chi connectivity index (χ2v) is 7.54. The van der Waals surface area contributed by atoms with E-state index in [4.69, 9.17) is 10.5 Å². The molecule has 3 rings (SSSR count). The maximum absolute atomic E-state index is 6.19. The molecule has 2 aromatic rings. The van der Waals surface area contributed by atoms with E-state index in [1.54, 1.807) is 23.1 Å². The van der Waals surface area contributed by atoms with Crippen molar-refractivity contribution in [2.45, 2.75) is 38.1 Å². The fourth-order valence-corrected chi connectivity index (χ4v) is 4.29. The molecule has 0 bridgehead atoms. The molecule has 0 unspecified atom stereocenters. The number of nitrogens with zero attached hydrogens (tertiary/aromatic N) is 2. The minimum atomic E-state index is 0.254. The highest BCUT2D eigenvalue weighted by Crippen LogP contribution is 2.39. The molecule has 0 saturated heterocycles. The van der Waals surface area contributed by atoms with Crippen molar-refractivity contribution in [1.82, 2.24) is 9.97 Å². The van der Waals surface area contributed by atoms with E-state index in [9.17, 15) is 0 Å². The second-order valence-electron chi connectivity index (χ2n) is 5.47. The van der Waals surface area contributed by atoms with E-state index >= 15 is 0 Å². The summed E-state index contributed by atoms with van der Waals surface area (Å²) in [5.74, 6) is 1.88. The van der Waals surface area contributed by atoms with E-state index in [2.05, 4.69) is 30.4 Å². The van der Waals surface area contributed by atoms with Crippen molar-refractivity contribution >= 4 is 39.1 Å². The summed E-state index contributed by atoms with van der Waals surface area (Å²) in [6, 6.07) is 0. The summed E-state index contributed by atoms with van der Waals surface area (Å²) in [6.07, 6.45) is 3.00. The number of hydrogen-bond donors (Lipinski definition) is 1. The van der Waals surface area contributed by atoms with Crippen LogP contribution in [-0.2, 0) is 17.8 Å². The lowest BCUT2D eigenvalue weighted by atomic mass is 9.96. The minimum absolute atomic E-state index is 0.254. The van der Waals surface area contributed by atoms with Gasteiger partial charge in [-0.15, -0.1) is 17.9 Å². The summed E-state index contributed by atoms with van der Waals surface area (Å²) in [6.45, 7) is 8.75. The van der Waals surface area contributed by atoms with Crippen LogP contribution < -0.4 is 5.73 Å². The lowest BCUT2D eigenvalue weighted by Crippen LogP contribution is -2.26. The number of ether oxygens (including phenoxy) is 1. The summed E-state index contributed by atoms with van der Waals surface area (Å²) in [5, 5.41) is 1.76. The fourth-order valence-electron chi connectivity index (χ4n) is 2.51. The Labute approximate surface area is 132 Å². The van der Waals surface area contributed by atoms with Crippen LogP contribution >= 0.6 is 23.1 Å². The van der Waals surface area contributed by atoms with Crippen molar-refractivity contribution in [3.8, 4) is 0 Å². The van der Waals surface area contributed by atoms with Crippen molar-refractivity contribution in [1.29, 1.82) is 0 Å². The van der Waals surface area contributed by atoms with Gasteiger partial charge in [0.2, 0.25) is 0 Å². The molecule has 112 valence electrons. The highest BCUT2D eigenvalue weighted by Gasteiger charge is 2.27. The van der Waals surface area contributed by atoms with E-state index in [1.807, 2.05) is 6.08 Å². The van der Waals surface area contributed by atoms with Crippen LogP contribution in [0.1, 0.15) is 24.3 Å². The standard InChI is InChI=1S/C15H19N3OS2/c1-4-5-20-15-17-13(16)12-9-6-10(8(2)3)19-7-11(9)21-14(12)18-15/h4,8,10H,1,5-7H2,2-3H3,(H2,16,17,18)/t10-/m0/s1. The van der Waals surface area contributed by atoms with Gasteiger partial charge in [0, 0.05) is 17.1 Å². The van der Waals surface area contributed by atoms with E-state index in [1.165, 1.54) is 10.4 Å². The SMILES string of the molecule is C=CCSc1nc(N)c2c3c(sc2n1)CO[C@H](C(C)C)C3. The third kappa shape index (κ3) is 2.80. The smallest absolute Gasteiger partial charge is 0.191 e.